The van der Waals surface area contributed by atoms with E-state index in [2.05, 4.69) is 4.74 Å². The van der Waals surface area contributed by atoms with Crippen LogP contribution in [0, 0.1) is 5.82 Å². The minimum Gasteiger partial charge on any atom is -0.465 e. The quantitative estimate of drug-likeness (QED) is 0.558. The summed E-state index contributed by atoms with van der Waals surface area (Å²) in [5.74, 6) is -3.68. The van der Waals surface area contributed by atoms with Crippen LogP contribution in [0.3, 0.4) is 0 Å². The molecule has 2 aliphatic rings. The number of carbonyl (C=O) groups excluding carboxylic acids is 1. The molecule has 3 rings (SSSR count). The predicted molar refractivity (Wildman–Crippen MR) is 63.4 cm³/mol. The van der Waals surface area contributed by atoms with Crippen LogP contribution in [0.15, 0.2) is 17.0 Å². The van der Waals surface area contributed by atoms with Crippen molar-refractivity contribution < 1.29 is 31.8 Å². The van der Waals surface area contributed by atoms with Crippen LogP contribution >= 0.6 is 0 Å². The fourth-order valence-electron chi connectivity index (χ4n) is 2.47. The van der Waals surface area contributed by atoms with Crippen molar-refractivity contribution in [2.45, 2.75) is 10.7 Å². The molecule has 1 fully saturated rings. The summed E-state index contributed by atoms with van der Waals surface area (Å²) in [6.07, 6.45) is 0. The molecule has 2 heterocycles. The largest absolute Gasteiger partial charge is 0.465 e. The number of hydrogen-bond acceptors (Lipinski definition) is 6. The molecule has 0 aliphatic carbocycles. The molecule has 20 heavy (non-hydrogen) atoms. The Morgan fingerprint density at radius 3 is 2.60 bits per heavy atom. The zero-order valence-electron chi connectivity index (χ0n) is 10.5. The highest BCUT2D eigenvalue weighted by molar-refractivity contribution is 7.91. The summed E-state index contributed by atoms with van der Waals surface area (Å²) in [7, 11) is -2.61. The molecule has 2 aliphatic heterocycles. The van der Waals surface area contributed by atoms with Gasteiger partial charge in [0.15, 0.2) is 9.84 Å². The second-order valence-electron chi connectivity index (χ2n) is 4.53. The number of halogens is 1. The molecular formula is C12H11FO6S. The Morgan fingerprint density at radius 1 is 1.35 bits per heavy atom. The number of benzene rings is 1. The predicted octanol–water partition coefficient (Wildman–Crippen LogP) is 0.599. The van der Waals surface area contributed by atoms with Gasteiger partial charge in [-0.25, -0.2) is 17.6 Å². The van der Waals surface area contributed by atoms with Crippen molar-refractivity contribution in [3.05, 3.63) is 29.1 Å². The number of sulfone groups is 1. The van der Waals surface area contributed by atoms with Gasteiger partial charge in [0.25, 0.3) is 0 Å². The van der Waals surface area contributed by atoms with Gasteiger partial charge in [-0.15, -0.1) is 0 Å². The van der Waals surface area contributed by atoms with Crippen molar-refractivity contribution in [1.29, 1.82) is 0 Å². The Balaban J connectivity index is 2.24. The van der Waals surface area contributed by atoms with E-state index >= 15 is 0 Å². The molecular weight excluding hydrogens is 291 g/mol. The van der Waals surface area contributed by atoms with E-state index in [9.17, 15) is 17.6 Å². The molecule has 8 heteroatoms. The number of ether oxygens (including phenoxy) is 3. The smallest absolute Gasteiger partial charge is 0.340 e. The molecule has 1 aromatic carbocycles. The fraction of sp³-hybridized carbons (Fsp3) is 0.417. The maximum Gasteiger partial charge on any atom is 0.340 e. The molecule has 1 spiro atoms. The molecule has 1 saturated heterocycles. The lowest BCUT2D eigenvalue weighted by Crippen LogP contribution is -2.29. The van der Waals surface area contributed by atoms with E-state index in [1.54, 1.807) is 0 Å². The molecule has 0 amide bonds. The highest BCUT2D eigenvalue weighted by Gasteiger charge is 2.52. The van der Waals surface area contributed by atoms with E-state index in [-0.39, 0.29) is 23.7 Å². The van der Waals surface area contributed by atoms with Crippen LogP contribution in [0.4, 0.5) is 4.39 Å². The third-order valence-electron chi connectivity index (χ3n) is 3.35. The van der Waals surface area contributed by atoms with Gasteiger partial charge in [0.05, 0.1) is 30.8 Å². The van der Waals surface area contributed by atoms with Gasteiger partial charge in [-0.3, -0.25) is 0 Å². The number of carbonyl (C=O) groups is 1. The van der Waals surface area contributed by atoms with Gasteiger partial charge in [0, 0.05) is 5.56 Å². The van der Waals surface area contributed by atoms with Crippen molar-refractivity contribution >= 4 is 15.8 Å². The molecule has 0 unspecified atom stereocenters. The van der Waals surface area contributed by atoms with Gasteiger partial charge >= 0.3 is 5.97 Å². The summed E-state index contributed by atoms with van der Waals surface area (Å²) in [6.45, 7) is 0.463. The summed E-state index contributed by atoms with van der Waals surface area (Å²) < 4.78 is 53.4. The van der Waals surface area contributed by atoms with E-state index in [4.69, 9.17) is 9.47 Å². The standard InChI is InChI=1S/C12H11FO6S/c1-17-11(14)7-4-10-8(5-9(7)13)12(6-20(10,15)16)18-2-3-19-12/h4-5H,2-3,6H2,1H3. The summed E-state index contributed by atoms with van der Waals surface area (Å²) in [4.78, 5) is 11.3. The van der Waals surface area contributed by atoms with Gasteiger partial charge in [-0.05, 0) is 12.1 Å². The molecule has 1 aromatic rings. The van der Waals surface area contributed by atoms with Gasteiger partial charge in [0.1, 0.15) is 11.6 Å². The molecule has 6 nitrogen and oxygen atoms in total. The van der Waals surface area contributed by atoms with Crippen LogP contribution in [-0.4, -0.2) is 40.5 Å². The van der Waals surface area contributed by atoms with Crippen LogP contribution in [0.2, 0.25) is 0 Å². The van der Waals surface area contributed by atoms with E-state index < -0.39 is 38.7 Å². The number of methoxy groups -OCH3 is 1. The number of hydrogen-bond donors (Lipinski definition) is 0. The molecule has 0 radical (unpaired) electrons. The first kappa shape index (κ1) is 13.5. The fourth-order valence-corrected chi connectivity index (χ4v) is 4.30. The lowest BCUT2D eigenvalue weighted by molar-refractivity contribution is -0.145. The van der Waals surface area contributed by atoms with Gasteiger partial charge < -0.3 is 14.2 Å². The van der Waals surface area contributed by atoms with Gasteiger partial charge in [0.2, 0.25) is 5.79 Å². The number of rotatable bonds is 1. The summed E-state index contributed by atoms with van der Waals surface area (Å²) in [6, 6.07) is 1.95. The third kappa shape index (κ3) is 1.75. The summed E-state index contributed by atoms with van der Waals surface area (Å²) >= 11 is 0. The highest BCUT2D eigenvalue weighted by Crippen LogP contribution is 2.44. The monoisotopic (exact) mass is 302 g/mol. The molecule has 0 atom stereocenters. The van der Waals surface area contributed by atoms with Crippen LogP contribution in [0.1, 0.15) is 15.9 Å². The highest BCUT2D eigenvalue weighted by atomic mass is 32.2. The first-order valence-electron chi connectivity index (χ1n) is 5.83. The van der Waals surface area contributed by atoms with E-state index in [1.165, 1.54) is 0 Å². The zero-order valence-corrected chi connectivity index (χ0v) is 11.3. The second-order valence-corrected chi connectivity index (χ2v) is 6.49. The Morgan fingerprint density at radius 2 is 2.00 bits per heavy atom. The Labute approximate surface area is 114 Å². The lowest BCUT2D eigenvalue weighted by atomic mass is 10.0. The van der Waals surface area contributed by atoms with Crippen LogP contribution in [-0.2, 0) is 29.8 Å². The number of esters is 1. The van der Waals surface area contributed by atoms with Crippen molar-refractivity contribution in [2.24, 2.45) is 0 Å². The average Bonchev–Trinajstić information content (AvgIpc) is 2.93. The summed E-state index contributed by atoms with van der Waals surface area (Å²) in [5.41, 5.74) is -0.329. The first-order chi connectivity index (χ1) is 9.39. The van der Waals surface area contributed by atoms with Crippen LogP contribution < -0.4 is 0 Å². The van der Waals surface area contributed by atoms with Crippen molar-refractivity contribution in [3.8, 4) is 0 Å². The van der Waals surface area contributed by atoms with E-state index in [1.807, 2.05) is 0 Å². The third-order valence-corrected chi connectivity index (χ3v) is 5.12. The normalized spacial score (nSPS) is 21.9. The molecule has 0 aromatic heterocycles. The maximum atomic E-state index is 14.0. The van der Waals surface area contributed by atoms with E-state index in [0.29, 0.717) is 0 Å². The van der Waals surface area contributed by atoms with Crippen LogP contribution in [0.25, 0.3) is 0 Å². The Kier molecular flexibility index (Phi) is 2.86. The van der Waals surface area contributed by atoms with Crippen LogP contribution in [0.5, 0.6) is 0 Å². The molecule has 108 valence electrons. The van der Waals surface area contributed by atoms with Crippen molar-refractivity contribution in [3.63, 3.8) is 0 Å². The lowest BCUT2D eigenvalue weighted by Gasteiger charge is -2.21. The first-order valence-corrected chi connectivity index (χ1v) is 7.48. The minimum atomic E-state index is -3.70. The van der Waals surface area contributed by atoms with Crippen molar-refractivity contribution in [1.82, 2.24) is 0 Å². The topological polar surface area (TPSA) is 78.9 Å². The van der Waals surface area contributed by atoms with Gasteiger partial charge in [-0.1, -0.05) is 0 Å². The molecule has 0 N–H and O–H groups in total. The summed E-state index contributed by atoms with van der Waals surface area (Å²) in [5, 5.41) is 0. The number of fused-ring (bicyclic) bond motifs is 2. The maximum absolute atomic E-state index is 14.0. The molecule has 0 bridgehead atoms. The molecule has 0 saturated carbocycles. The minimum absolute atomic E-state index is 0.0974. The second kappa shape index (κ2) is 4.24. The Bertz CT molecular complexity index is 690. The zero-order chi connectivity index (χ0) is 14.5. The average molecular weight is 302 g/mol. The van der Waals surface area contributed by atoms with E-state index in [0.717, 1.165) is 19.2 Å². The SMILES string of the molecule is COC(=O)c1cc2c(cc1F)C1(CS2(=O)=O)OCCO1. The van der Waals surface area contributed by atoms with Gasteiger partial charge in [-0.2, -0.15) is 0 Å². The Hall–Kier alpha value is -1.51. The van der Waals surface area contributed by atoms with Crippen molar-refractivity contribution in [2.75, 3.05) is 26.1 Å².